The first-order valence-corrected chi connectivity index (χ1v) is 11.2. The molecule has 0 saturated heterocycles. The van der Waals surface area contributed by atoms with Crippen LogP contribution in [-0.2, 0) is 13.2 Å². The van der Waals surface area contributed by atoms with Crippen LogP contribution in [0, 0.1) is 0 Å². The summed E-state index contributed by atoms with van der Waals surface area (Å²) in [5, 5.41) is 8.29. The Balaban J connectivity index is 1.20. The lowest BCUT2D eigenvalue weighted by Crippen LogP contribution is -2.12. The third-order valence-corrected chi connectivity index (χ3v) is 5.77. The minimum atomic E-state index is -0.494. The van der Waals surface area contributed by atoms with Gasteiger partial charge in [-0.3, -0.25) is 9.48 Å². The van der Waals surface area contributed by atoms with Gasteiger partial charge in [-0.15, -0.1) is 0 Å². The zero-order valence-corrected chi connectivity index (χ0v) is 19.7. The molecular formula is C23H16Cl3N3O5. The monoisotopic (exact) mass is 519 g/mol. The van der Waals surface area contributed by atoms with Crippen molar-refractivity contribution in [1.29, 1.82) is 0 Å². The van der Waals surface area contributed by atoms with E-state index in [1.807, 2.05) is 0 Å². The second-order valence-corrected chi connectivity index (χ2v) is 8.53. The maximum atomic E-state index is 12.6. The SMILES string of the molecule is O=C(Nc1nn(Cc2ccc(Cl)cc2Cl)cc1Cl)c1ccc(COc2ccc3c(c2)OCO3)o1. The molecule has 2 aromatic heterocycles. The quantitative estimate of drug-likeness (QED) is 0.319. The molecular weight excluding hydrogens is 505 g/mol. The molecule has 5 rings (SSSR count). The van der Waals surface area contributed by atoms with E-state index in [1.54, 1.807) is 59.4 Å². The standard InChI is InChI=1S/C23H16Cl3N3O5/c24-14-2-1-13(17(25)7-14)9-29-10-18(26)22(28-29)27-23(30)20-6-4-16(34-20)11-31-15-3-5-19-21(8-15)33-12-32-19/h1-8,10H,9,11-12H2,(H,27,28,30). The van der Waals surface area contributed by atoms with E-state index in [4.69, 9.17) is 53.4 Å². The molecule has 0 unspecified atom stereocenters. The van der Waals surface area contributed by atoms with Gasteiger partial charge in [-0.05, 0) is 42.0 Å². The van der Waals surface area contributed by atoms with E-state index in [1.165, 1.54) is 0 Å². The minimum absolute atomic E-state index is 0.0932. The number of nitrogens with one attached hydrogen (secondary N) is 1. The number of furan rings is 1. The Morgan fingerprint density at radius 3 is 2.74 bits per heavy atom. The predicted octanol–water partition coefficient (Wildman–Crippen LogP) is 6.04. The van der Waals surface area contributed by atoms with Crippen molar-refractivity contribution in [2.75, 3.05) is 12.1 Å². The first-order chi connectivity index (χ1) is 16.4. The van der Waals surface area contributed by atoms with Crippen molar-refractivity contribution in [1.82, 2.24) is 9.78 Å². The van der Waals surface area contributed by atoms with E-state index in [0.717, 1.165) is 5.56 Å². The first-order valence-electron chi connectivity index (χ1n) is 10.0. The maximum absolute atomic E-state index is 12.6. The molecule has 2 aromatic carbocycles. The number of carbonyl (C=O) groups is 1. The van der Waals surface area contributed by atoms with Gasteiger partial charge in [0.15, 0.2) is 23.1 Å². The Bertz CT molecular complexity index is 1370. The van der Waals surface area contributed by atoms with Gasteiger partial charge in [0.2, 0.25) is 6.79 Å². The van der Waals surface area contributed by atoms with Crippen molar-refractivity contribution in [3.05, 3.63) is 86.9 Å². The van der Waals surface area contributed by atoms with Gasteiger partial charge in [-0.1, -0.05) is 40.9 Å². The van der Waals surface area contributed by atoms with Gasteiger partial charge in [-0.2, -0.15) is 5.10 Å². The molecule has 0 spiro atoms. The average molecular weight is 521 g/mol. The lowest BCUT2D eigenvalue weighted by atomic mass is 10.2. The van der Waals surface area contributed by atoms with Crippen LogP contribution >= 0.6 is 34.8 Å². The number of anilines is 1. The number of benzene rings is 2. The Morgan fingerprint density at radius 2 is 1.88 bits per heavy atom. The molecule has 11 heteroatoms. The van der Waals surface area contributed by atoms with Crippen molar-refractivity contribution in [3.63, 3.8) is 0 Å². The molecule has 3 heterocycles. The fourth-order valence-electron chi connectivity index (χ4n) is 3.25. The molecule has 1 N–H and O–H groups in total. The maximum Gasteiger partial charge on any atom is 0.292 e. The predicted molar refractivity (Wildman–Crippen MR) is 126 cm³/mol. The topological polar surface area (TPSA) is 87.8 Å². The molecule has 34 heavy (non-hydrogen) atoms. The molecule has 0 radical (unpaired) electrons. The summed E-state index contributed by atoms with van der Waals surface area (Å²) in [6.07, 6.45) is 1.59. The van der Waals surface area contributed by atoms with Crippen LogP contribution in [0.1, 0.15) is 21.9 Å². The Labute approximate surface area is 208 Å². The molecule has 174 valence electrons. The highest BCUT2D eigenvalue weighted by molar-refractivity contribution is 6.35. The Kier molecular flexibility index (Phi) is 6.28. The Hall–Kier alpha value is -3.33. The summed E-state index contributed by atoms with van der Waals surface area (Å²) in [7, 11) is 0. The third-order valence-electron chi connectivity index (χ3n) is 4.91. The smallest absolute Gasteiger partial charge is 0.292 e. The molecule has 1 aliphatic rings. The van der Waals surface area contributed by atoms with E-state index in [-0.39, 0.29) is 30.0 Å². The Morgan fingerprint density at radius 1 is 1.03 bits per heavy atom. The first kappa shape index (κ1) is 22.5. The summed E-state index contributed by atoms with van der Waals surface area (Å²) in [6.45, 7) is 0.671. The van der Waals surface area contributed by atoms with Crippen LogP contribution in [0.15, 0.2) is 59.1 Å². The number of halogens is 3. The molecule has 0 fully saturated rings. The van der Waals surface area contributed by atoms with Gasteiger partial charge in [0.05, 0.1) is 6.54 Å². The normalized spacial score (nSPS) is 12.1. The summed E-state index contributed by atoms with van der Waals surface area (Å²) in [5.41, 5.74) is 0.807. The fraction of sp³-hybridized carbons (Fsp3) is 0.130. The van der Waals surface area contributed by atoms with Crippen molar-refractivity contribution in [3.8, 4) is 17.2 Å². The van der Waals surface area contributed by atoms with E-state index in [0.29, 0.717) is 39.6 Å². The van der Waals surface area contributed by atoms with Crippen LogP contribution in [-0.4, -0.2) is 22.5 Å². The summed E-state index contributed by atoms with van der Waals surface area (Å²) in [6, 6.07) is 13.7. The number of amides is 1. The molecule has 0 aliphatic carbocycles. The molecule has 0 bridgehead atoms. The van der Waals surface area contributed by atoms with Crippen molar-refractivity contribution < 1.29 is 23.4 Å². The summed E-state index contributed by atoms with van der Waals surface area (Å²) < 4.78 is 23.5. The highest BCUT2D eigenvalue weighted by Crippen LogP contribution is 2.35. The second kappa shape index (κ2) is 9.50. The van der Waals surface area contributed by atoms with E-state index in [9.17, 15) is 4.79 Å². The molecule has 0 saturated carbocycles. The fourth-order valence-corrected chi connectivity index (χ4v) is 3.92. The van der Waals surface area contributed by atoms with E-state index >= 15 is 0 Å². The van der Waals surface area contributed by atoms with Crippen molar-refractivity contribution >= 4 is 46.5 Å². The van der Waals surface area contributed by atoms with Gasteiger partial charge >= 0.3 is 0 Å². The van der Waals surface area contributed by atoms with Gasteiger partial charge < -0.3 is 23.9 Å². The van der Waals surface area contributed by atoms with E-state index in [2.05, 4.69) is 10.4 Å². The molecule has 1 amide bonds. The highest BCUT2D eigenvalue weighted by atomic mass is 35.5. The number of hydrogen-bond acceptors (Lipinski definition) is 6. The summed E-state index contributed by atoms with van der Waals surface area (Å²) in [5.74, 6) is 2.14. The number of hydrogen-bond donors (Lipinski definition) is 1. The average Bonchev–Trinajstić information content (AvgIpc) is 3.54. The van der Waals surface area contributed by atoms with Gasteiger partial charge in [0.1, 0.15) is 23.1 Å². The van der Waals surface area contributed by atoms with E-state index < -0.39 is 5.91 Å². The highest BCUT2D eigenvalue weighted by Gasteiger charge is 2.17. The van der Waals surface area contributed by atoms with Crippen LogP contribution < -0.4 is 19.5 Å². The molecule has 1 aliphatic heterocycles. The van der Waals surface area contributed by atoms with Gasteiger partial charge in [-0.25, -0.2) is 0 Å². The largest absolute Gasteiger partial charge is 0.486 e. The van der Waals surface area contributed by atoms with Crippen LogP contribution in [0.25, 0.3) is 0 Å². The second-order valence-electron chi connectivity index (χ2n) is 7.28. The van der Waals surface area contributed by atoms with Crippen molar-refractivity contribution in [2.45, 2.75) is 13.2 Å². The number of rotatable bonds is 7. The summed E-state index contributed by atoms with van der Waals surface area (Å²) >= 11 is 18.4. The summed E-state index contributed by atoms with van der Waals surface area (Å²) in [4.78, 5) is 12.6. The lowest BCUT2D eigenvalue weighted by molar-refractivity contribution is 0.0992. The number of nitrogens with zero attached hydrogens (tertiary/aromatic N) is 2. The number of ether oxygens (including phenoxy) is 3. The third kappa shape index (κ3) is 4.94. The zero-order chi connectivity index (χ0) is 23.7. The van der Waals surface area contributed by atoms with Gasteiger partial charge in [0.25, 0.3) is 5.91 Å². The molecule has 0 atom stereocenters. The molecule has 4 aromatic rings. The zero-order valence-electron chi connectivity index (χ0n) is 17.4. The number of fused-ring (bicyclic) bond motifs is 1. The van der Waals surface area contributed by atoms with Crippen LogP contribution in [0.5, 0.6) is 17.2 Å². The number of carbonyl (C=O) groups excluding carboxylic acids is 1. The van der Waals surface area contributed by atoms with Crippen LogP contribution in [0.3, 0.4) is 0 Å². The van der Waals surface area contributed by atoms with Gasteiger partial charge in [0, 0.05) is 22.3 Å². The molecule has 8 nitrogen and oxygen atoms in total. The lowest BCUT2D eigenvalue weighted by Gasteiger charge is -2.05. The van der Waals surface area contributed by atoms with Crippen LogP contribution in [0.4, 0.5) is 5.82 Å². The number of aromatic nitrogens is 2. The van der Waals surface area contributed by atoms with Crippen molar-refractivity contribution in [2.24, 2.45) is 0 Å². The van der Waals surface area contributed by atoms with Crippen LogP contribution in [0.2, 0.25) is 15.1 Å². The minimum Gasteiger partial charge on any atom is -0.486 e.